The molecule has 6 nitrogen and oxygen atoms in total. The van der Waals surface area contributed by atoms with Crippen LogP contribution in [0.4, 0.5) is 11.4 Å². The van der Waals surface area contributed by atoms with Gasteiger partial charge in [-0.25, -0.2) is 8.42 Å². The second kappa shape index (κ2) is 9.62. The summed E-state index contributed by atoms with van der Waals surface area (Å²) in [5.41, 5.74) is 0.768. The Morgan fingerprint density at radius 2 is 1.74 bits per heavy atom. The Bertz CT molecular complexity index is 883. The van der Waals surface area contributed by atoms with Gasteiger partial charge in [0.1, 0.15) is 10.6 Å². The van der Waals surface area contributed by atoms with Gasteiger partial charge in [0.2, 0.25) is 5.91 Å². The van der Waals surface area contributed by atoms with E-state index < -0.39 is 10.0 Å². The highest BCUT2D eigenvalue weighted by Gasteiger charge is 2.21. The Kier molecular flexibility index (Phi) is 7.50. The van der Waals surface area contributed by atoms with Crippen LogP contribution in [0.1, 0.15) is 32.6 Å². The first-order chi connectivity index (χ1) is 12.9. The maximum absolute atomic E-state index is 12.8. The molecule has 0 aliphatic carbocycles. The Morgan fingerprint density at radius 3 is 2.37 bits per heavy atom. The third kappa shape index (κ3) is 6.15. The average molecular weight is 411 g/mol. The smallest absolute Gasteiger partial charge is 0.265 e. The quantitative estimate of drug-likeness (QED) is 0.588. The summed E-state index contributed by atoms with van der Waals surface area (Å²) >= 11 is 5.82. The molecule has 0 saturated carbocycles. The molecule has 2 rings (SSSR count). The van der Waals surface area contributed by atoms with Crippen LogP contribution in [-0.2, 0) is 14.8 Å². The van der Waals surface area contributed by atoms with Crippen molar-refractivity contribution in [3.8, 4) is 5.75 Å². The standard InChI is InChI=1S/C19H23ClN2O4S/c1-3-4-5-6-19(23)21-16-11-12-17(26-2)18(13-16)27(24,25)22-15-9-7-14(20)8-10-15/h7-13,22H,3-6H2,1-2H3,(H,21,23). The second-order valence-corrected chi connectivity index (χ2v) is 8.07. The number of nitrogens with one attached hydrogen (secondary N) is 2. The zero-order valence-electron chi connectivity index (χ0n) is 15.3. The number of halogens is 1. The predicted molar refractivity (Wildman–Crippen MR) is 108 cm³/mol. The lowest BCUT2D eigenvalue weighted by Crippen LogP contribution is -2.16. The first-order valence-corrected chi connectivity index (χ1v) is 10.5. The van der Waals surface area contributed by atoms with E-state index in [2.05, 4.69) is 17.0 Å². The fourth-order valence-corrected chi connectivity index (χ4v) is 3.83. The highest BCUT2D eigenvalue weighted by atomic mass is 35.5. The van der Waals surface area contributed by atoms with E-state index in [9.17, 15) is 13.2 Å². The summed E-state index contributed by atoms with van der Waals surface area (Å²) in [6.07, 6.45) is 3.18. The molecule has 0 saturated heterocycles. The van der Waals surface area contributed by atoms with Crippen LogP contribution < -0.4 is 14.8 Å². The van der Waals surface area contributed by atoms with Crippen molar-refractivity contribution >= 4 is 38.9 Å². The summed E-state index contributed by atoms with van der Waals surface area (Å²) in [5, 5.41) is 3.23. The number of hydrogen-bond donors (Lipinski definition) is 2. The lowest BCUT2D eigenvalue weighted by molar-refractivity contribution is -0.116. The molecular formula is C19H23ClN2O4S. The van der Waals surface area contributed by atoms with Gasteiger partial charge in [-0.2, -0.15) is 0 Å². The molecule has 0 spiro atoms. The summed E-state index contributed by atoms with van der Waals surface area (Å²) < 4.78 is 33.2. The van der Waals surface area contributed by atoms with Crippen molar-refractivity contribution in [2.75, 3.05) is 17.1 Å². The molecule has 0 heterocycles. The third-order valence-electron chi connectivity index (χ3n) is 3.84. The molecule has 0 atom stereocenters. The first-order valence-electron chi connectivity index (χ1n) is 8.62. The average Bonchev–Trinajstić information content (AvgIpc) is 2.63. The minimum atomic E-state index is -3.92. The molecule has 0 unspecified atom stereocenters. The number of amides is 1. The lowest BCUT2D eigenvalue weighted by Gasteiger charge is -2.14. The van der Waals surface area contributed by atoms with Crippen LogP contribution >= 0.6 is 11.6 Å². The molecule has 0 aliphatic heterocycles. The molecule has 0 aromatic heterocycles. The fraction of sp³-hybridized carbons (Fsp3) is 0.316. The van der Waals surface area contributed by atoms with Crippen LogP contribution in [0.3, 0.4) is 0 Å². The van der Waals surface area contributed by atoms with Crippen molar-refractivity contribution in [2.45, 2.75) is 37.5 Å². The van der Waals surface area contributed by atoms with Crippen molar-refractivity contribution in [2.24, 2.45) is 0 Å². The minimum Gasteiger partial charge on any atom is -0.495 e. The van der Waals surface area contributed by atoms with E-state index in [0.717, 1.165) is 19.3 Å². The Hall–Kier alpha value is -2.25. The minimum absolute atomic E-state index is 0.0636. The van der Waals surface area contributed by atoms with Crippen LogP contribution in [-0.4, -0.2) is 21.4 Å². The van der Waals surface area contributed by atoms with Crippen molar-refractivity contribution in [3.63, 3.8) is 0 Å². The van der Waals surface area contributed by atoms with Gasteiger partial charge < -0.3 is 10.1 Å². The van der Waals surface area contributed by atoms with E-state index in [4.69, 9.17) is 16.3 Å². The summed E-state index contributed by atoms with van der Waals surface area (Å²) in [5.74, 6) is 0.0306. The number of sulfonamides is 1. The zero-order chi connectivity index (χ0) is 19.9. The number of hydrogen-bond acceptors (Lipinski definition) is 4. The summed E-state index contributed by atoms with van der Waals surface area (Å²) in [7, 11) is -2.53. The molecule has 0 bridgehead atoms. The number of methoxy groups -OCH3 is 1. The Morgan fingerprint density at radius 1 is 1.07 bits per heavy atom. The molecule has 146 valence electrons. The first kappa shape index (κ1) is 21.1. The van der Waals surface area contributed by atoms with Crippen LogP contribution in [0.15, 0.2) is 47.4 Å². The number of unbranched alkanes of at least 4 members (excludes halogenated alkanes) is 2. The lowest BCUT2D eigenvalue weighted by atomic mass is 10.2. The normalized spacial score (nSPS) is 11.1. The zero-order valence-corrected chi connectivity index (χ0v) is 16.9. The Balaban J connectivity index is 2.23. The van der Waals surface area contributed by atoms with Gasteiger partial charge in [-0.1, -0.05) is 31.4 Å². The molecule has 1 amide bonds. The number of benzene rings is 2. The molecule has 2 aromatic carbocycles. The van der Waals surface area contributed by atoms with E-state index >= 15 is 0 Å². The number of carbonyl (C=O) groups excluding carboxylic acids is 1. The van der Waals surface area contributed by atoms with Crippen molar-refractivity contribution < 1.29 is 17.9 Å². The van der Waals surface area contributed by atoms with Gasteiger partial charge in [0.15, 0.2) is 0 Å². The molecule has 8 heteroatoms. The molecule has 2 N–H and O–H groups in total. The number of ether oxygens (including phenoxy) is 1. The molecule has 0 radical (unpaired) electrons. The van der Waals surface area contributed by atoms with Crippen LogP contribution in [0.25, 0.3) is 0 Å². The second-order valence-electron chi connectivity index (χ2n) is 5.98. The monoisotopic (exact) mass is 410 g/mol. The summed E-state index contributed by atoms with van der Waals surface area (Å²) in [6.45, 7) is 2.06. The van der Waals surface area contributed by atoms with Gasteiger partial charge >= 0.3 is 0 Å². The number of carbonyl (C=O) groups is 1. The van der Waals surface area contributed by atoms with E-state index in [1.165, 1.54) is 19.2 Å². The van der Waals surface area contributed by atoms with Crippen molar-refractivity contribution in [3.05, 3.63) is 47.5 Å². The summed E-state index contributed by atoms with van der Waals surface area (Å²) in [4.78, 5) is 11.9. The highest BCUT2D eigenvalue weighted by Crippen LogP contribution is 2.29. The molecule has 0 fully saturated rings. The van der Waals surface area contributed by atoms with Gasteiger partial charge in [-0.3, -0.25) is 9.52 Å². The summed E-state index contributed by atoms with van der Waals surface area (Å²) in [6, 6.07) is 10.8. The molecule has 0 aliphatic rings. The van der Waals surface area contributed by atoms with Crippen LogP contribution in [0, 0.1) is 0 Å². The van der Waals surface area contributed by atoms with Gasteiger partial charge in [-0.15, -0.1) is 0 Å². The maximum Gasteiger partial charge on any atom is 0.265 e. The number of rotatable bonds is 9. The molecular weight excluding hydrogens is 388 g/mol. The highest BCUT2D eigenvalue weighted by molar-refractivity contribution is 7.92. The molecule has 2 aromatic rings. The van der Waals surface area contributed by atoms with Crippen LogP contribution in [0.2, 0.25) is 5.02 Å². The van der Waals surface area contributed by atoms with E-state index in [0.29, 0.717) is 22.8 Å². The van der Waals surface area contributed by atoms with E-state index in [-0.39, 0.29) is 16.6 Å². The molecule has 27 heavy (non-hydrogen) atoms. The van der Waals surface area contributed by atoms with Crippen LogP contribution in [0.5, 0.6) is 5.75 Å². The van der Waals surface area contributed by atoms with Crippen molar-refractivity contribution in [1.29, 1.82) is 0 Å². The van der Waals surface area contributed by atoms with Gasteiger partial charge in [0.05, 0.1) is 7.11 Å². The fourth-order valence-electron chi connectivity index (χ4n) is 2.45. The third-order valence-corrected chi connectivity index (χ3v) is 5.50. The van der Waals surface area contributed by atoms with E-state index in [1.54, 1.807) is 30.3 Å². The van der Waals surface area contributed by atoms with Crippen molar-refractivity contribution in [1.82, 2.24) is 0 Å². The SMILES string of the molecule is CCCCCC(=O)Nc1ccc(OC)c(S(=O)(=O)Nc2ccc(Cl)cc2)c1. The Labute approximate surface area is 164 Å². The largest absolute Gasteiger partial charge is 0.495 e. The predicted octanol–water partition coefficient (Wildman–Crippen LogP) is 4.67. The van der Waals surface area contributed by atoms with Gasteiger partial charge in [0.25, 0.3) is 10.0 Å². The van der Waals surface area contributed by atoms with E-state index in [1.807, 2.05) is 0 Å². The van der Waals surface area contributed by atoms with Gasteiger partial charge in [-0.05, 0) is 48.9 Å². The maximum atomic E-state index is 12.8. The number of anilines is 2. The topological polar surface area (TPSA) is 84.5 Å². The van der Waals surface area contributed by atoms with Gasteiger partial charge in [0, 0.05) is 22.8 Å².